The highest BCUT2D eigenvalue weighted by Crippen LogP contribution is 2.19. The van der Waals surface area contributed by atoms with E-state index in [1.54, 1.807) is 0 Å². The maximum absolute atomic E-state index is 12.6. The number of carbonyl (C=O) groups is 1. The van der Waals surface area contributed by atoms with Gasteiger partial charge < -0.3 is 15.5 Å². The number of amides is 2. The lowest BCUT2D eigenvalue weighted by Gasteiger charge is -2.34. The normalized spacial score (nSPS) is 16.2. The topological polar surface area (TPSA) is 49.6 Å². The third-order valence-electron chi connectivity index (χ3n) is 4.12. The van der Waals surface area contributed by atoms with Crippen LogP contribution in [0.4, 0.5) is 10.5 Å². The van der Waals surface area contributed by atoms with Gasteiger partial charge in [-0.1, -0.05) is 25.1 Å². The third kappa shape index (κ3) is 3.44. The molecule has 1 heterocycles. The van der Waals surface area contributed by atoms with Crippen LogP contribution in [0.5, 0.6) is 0 Å². The summed E-state index contributed by atoms with van der Waals surface area (Å²) in [6.45, 7) is 7.32. The summed E-state index contributed by atoms with van der Waals surface area (Å²) in [5.74, 6) is 0.735. The Labute approximate surface area is 121 Å². The van der Waals surface area contributed by atoms with Gasteiger partial charge in [0.15, 0.2) is 0 Å². The van der Waals surface area contributed by atoms with Crippen LogP contribution in [-0.4, -0.2) is 35.5 Å². The highest BCUT2D eigenvalue weighted by Gasteiger charge is 2.24. The number of nitrogen functional groups attached to an aromatic ring is 1. The highest BCUT2D eigenvalue weighted by molar-refractivity contribution is 5.74. The zero-order valence-electron chi connectivity index (χ0n) is 12.5. The SMILES string of the molecule is CCN(Cc1ccccc1N)C(=O)N1CCC(C)CC1. The van der Waals surface area contributed by atoms with Crippen LogP contribution < -0.4 is 5.73 Å². The van der Waals surface area contributed by atoms with Gasteiger partial charge in [-0.3, -0.25) is 0 Å². The van der Waals surface area contributed by atoms with Crippen LogP contribution in [0, 0.1) is 5.92 Å². The average molecular weight is 275 g/mol. The van der Waals surface area contributed by atoms with Crippen molar-refractivity contribution in [3.05, 3.63) is 29.8 Å². The highest BCUT2D eigenvalue weighted by atomic mass is 16.2. The number of rotatable bonds is 3. The number of carbonyl (C=O) groups excluding carboxylic acids is 1. The van der Waals surface area contributed by atoms with Gasteiger partial charge in [0.25, 0.3) is 0 Å². The predicted molar refractivity (Wildman–Crippen MR) is 82.3 cm³/mol. The fraction of sp³-hybridized carbons (Fsp3) is 0.562. The number of anilines is 1. The standard InChI is InChI=1S/C16H25N3O/c1-3-18(12-14-6-4-5-7-15(14)17)16(20)19-10-8-13(2)9-11-19/h4-7,13H,3,8-12,17H2,1-2H3. The monoisotopic (exact) mass is 275 g/mol. The van der Waals surface area contributed by atoms with Crippen molar-refractivity contribution in [3.8, 4) is 0 Å². The minimum atomic E-state index is 0.141. The van der Waals surface area contributed by atoms with Crippen LogP contribution in [0.2, 0.25) is 0 Å². The van der Waals surface area contributed by atoms with Crippen molar-refractivity contribution in [2.45, 2.75) is 33.2 Å². The number of hydrogen-bond donors (Lipinski definition) is 1. The summed E-state index contributed by atoms with van der Waals surface area (Å²) in [5.41, 5.74) is 7.75. The molecule has 1 aliphatic heterocycles. The van der Waals surface area contributed by atoms with Crippen molar-refractivity contribution in [1.82, 2.24) is 9.80 Å². The Morgan fingerprint density at radius 1 is 1.35 bits per heavy atom. The second-order valence-corrected chi connectivity index (χ2v) is 5.67. The van der Waals surface area contributed by atoms with Crippen LogP contribution in [-0.2, 0) is 6.54 Å². The van der Waals surface area contributed by atoms with Gasteiger partial charge in [0, 0.05) is 31.9 Å². The second kappa shape index (κ2) is 6.64. The zero-order chi connectivity index (χ0) is 14.5. The summed E-state index contributed by atoms with van der Waals surface area (Å²) in [6.07, 6.45) is 2.22. The lowest BCUT2D eigenvalue weighted by molar-refractivity contribution is 0.134. The fourth-order valence-electron chi connectivity index (χ4n) is 2.60. The molecule has 0 aromatic heterocycles. The first-order chi connectivity index (χ1) is 9.61. The first-order valence-corrected chi connectivity index (χ1v) is 7.49. The minimum Gasteiger partial charge on any atom is -0.398 e. The van der Waals surface area contributed by atoms with Crippen molar-refractivity contribution < 1.29 is 4.79 Å². The van der Waals surface area contributed by atoms with Crippen LogP contribution in [0.3, 0.4) is 0 Å². The molecule has 2 N–H and O–H groups in total. The first kappa shape index (κ1) is 14.7. The Morgan fingerprint density at radius 2 is 2.00 bits per heavy atom. The van der Waals surface area contributed by atoms with Crippen molar-refractivity contribution in [1.29, 1.82) is 0 Å². The summed E-state index contributed by atoms with van der Waals surface area (Å²) in [5, 5.41) is 0. The number of para-hydroxylation sites is 1. The lowest BCUT2D eigenvalue weighted by Crippen LogP contribution is -2.46. The van der Waals surface area contributed by atoms with E-state index < -0.39 is 0 Å². The van der Waals surface area contributed by atoms with Gasteiger partial charge in [0.1, 0.15) is 0 Å². The van der Waals surface area contributed by atoms with Crippen LogP contribution in [0.1, 0.15) is 32.3 Å². The lowest BCUT2D eigenvalue weighted by atomic mass is 9.99. The summed E-state index contributed by atoms with van der Waals surface area (Å²) in [7, 11) is 0. The molecule has 0 spiro atoms. The molecule has 0 atom stereocenters. The van der Waals surface area contributed by atoms with Gasteiger partial charge >= 0.3 is 6.03 Å². The third-order valence-corrected chi connectivity index (χ3v) is 4.12. The molecule has 20 heavy (non-hydrogen) atoms. The molecule has 2 rings (SSSR count). The van der Waals surface area contributed by atoms with Crippen LogP contribution >= 0.6 is 0 Å². The molecule has 1 aromatic carbocycles. The van der Waals surface area contributed by atoms with Gasteiger partial charge in [-0.2, -0.15) is 0 Å². The summed E-state index contributed by atoms with van der Waals surface area (Å²) < 4.78 is 0. The summed E-state index contributed by atoms with van der Waals surface area (Å²) in [4.78, 5) is 16.4. The quantitative estimate of drug-likeness (QED) is 0.862. The number of nitrogens with zero attached hydrogens (tertiary/aromatic N) is 2. The van der Waals surface area contributed by atoms with E-state index in [0.717, 1.165) is 43.1 Å². The molecule has 110 valence electrons. The molecule has 1 fully saturated rings. The molecule has 0 radical (unpaired) electrons. The zero-order valence-corrected chi connectivity index (χ0v) is 12.5. The average Bonchev–Trinajstić information content (AvgIpc) is 2.46. The molecular formula is C16H25N3O. The van der Waals surface area contributed by atoms with Crippen molar-refractivity contribution in [2.75, 3.05) is 25.4 Å². The number of benzene rings is 1. The van der Waals surface area contributed by atoms with Gasteiger partial charge in [0.05, 0.1) is 0 Å². The number of hydrogen-bond acceptors (Lipinski definition) is 2. The van der Waals surface area contributed by atoms with Gasteiger partial charge in [-0.05, 0) is 37.3 Å². The van der Waals surface area contributed by atoms with E-state index in [2.05, 4.69) is 6.92 Å². The van der Waals surface area contributed by atoms with Crippen molar-refractivity contribution in [3.63, 3.8) is 0 Å². The molecule has 0 aliphatic carbocycles. The second-order valence-electron chi connectivity index (χ2n) is 5.67. The maximum Gasteiger partial charge on any atom is 0.320 e. The smallest absolute Gasteiger partial charge is 0.320 e. The number of likely N-dealkylation sites (tertiary alicyclic amines) is 1. The summed E-state index contributed by atoms with van der Waals surface area (Å²) >= 11 is 0. The first-order valence-electron chi connectivity index (χ1n) is 7.49. The van der Waals surface area contributed by atoms with E-state index in [0.29, 0.717) is 13.1 Å². The van der Waals surface area contributed by atoms with Crippen molar-refractivity contribution in [2.24, 2.45) is 5.92 Å². The molecule has 0 saturated carbocycles. The van der Waals surface area contributed by atoms with Crippen LogP contribution in [0.25, 0.3) is 0 Å². The number of urea groups is 1. The van der Waals surface area contributed by atoms with E-state index in [1.807, 2.05) is 41.0 Å². The molecule has 0 unspecified atom stereocenters. The number of piperidine rings is 1. The predicted octanol–water partition coefficient (Wildman–Crippen LogP) is 2.94. The van der Waals surface area contributed by atoms with Gasteiger partial charge in [-0.15, -0.1) is 0 Å². The van der Waals surface area contributed by atoms with E-state index >= 15 is 0 Å². The molecular weight excluding hydrogens is 250 g/mol. The van der Waals surface area contributed by atoms with E-state index in [-0.39, 0.29) is 6.03 Å². The molecule has 4 heteroatoms. The van der Waals surface area contributed by atoms with E-state index in [4.69, 9.17) is 5.73 Å². The molecule has 0 bridgehead atoms. The van der Waals surface area contributed by atoms with E-state index in [1.165, 1.54) is 0 Å². The van der Waals surface area contributed by atoms with Gasteiger partial charge in [-0.25, -0.2) is 4.79 Å². The molecule has 4 nitrogen and oxygen atoms in total. The molecule has 1 saturated heterocycles. The molecule has 1 aliphatic rings. The van der Waals surface area contributed by atoms with Crippen molar-refractivity contribution >= 4 is 11.7 Å². The molecule has 1 aromatic rings. The largest absolute Gasteiger partial charge is 0.398 e. The Kier molecular flexibility index (Phi) is 4.88. The Bertz CT molecular complexity index is 453. The number of nitrogens with two attached hydrogens (primary N) is 1. The van der Waals surface area contributed by atoms with E-state index in [9.17, 15) is 4.79 Å². The fourth-order valence-corrected chi connectivity index (χ4v) is 2.60. The Morgan fingerprint density at radius 3 is 2.60 bits per heavy atom. The van der Waals surface area contributed by atoms with Gasteiger partial charge in [0.2, 0.25) is 0 Å². The Hall–Kier alpha value is -1.71. The Balaban J connectivity index is 2.01. The minimum absolute atomic E-state index is 0.141. The van der Waals surface area contributed by atoms with Crippen LogP contribution in [0.15, 0.2) is 24.3 Å². The summed E-state index contributed by atoms with van der Waals surface area (Å²) in [6, 6.07) is 7.90. The molecule has 2 amide bonds. The maximum atomic E-state index is 12.6.